The maximum atomic E-state index is 5.93. The molecule has 3 heterocycles. The fraction of sp³-hybridized carbons (Fsp3) is 0.542. The molecule has 5 nitrogen and oxygen atoms in total. The van der Waals surface area contributed by atoms with Crippen molar-refractivity contribution in [1.29, 1.82) is 0 Å². The summed E-state index contributed by atoms with van der Waals surface area (Å²) in [5, 5.41) is 11.2. The van der Waals surface area contributed by atoms with E-state index in [1.54, 1.807) is 0 Å². The van der Waals surface area contributed by atoms with Gasteiger partial charge in [-0.3, -0.25) is 0 Å². The Morgan fingerprint density at radius 1 is 1.07 bits per heavy atom. The minimum atomic E-state index is 0.496. The summed E-state index contributed by atoms with van der Waals surface area (Å²) < 4.78 is 0. The van der Waals surface area contributed by atoms with Gasteiger partial charge in [0.15, 0.2) is 0 Å². The summed E-state index contributed by atoms with van der Waals surface area (Å²) in [6.07, 6.45) is 3.27. The monoisotopic (exact) mass is 395 g/mol. The molecule has 1 aromatic carbocycles. The van der Waals surface area contributed by atoms with Crippen LogP contribution in [0.15, 0.2) is 42.5 Å². The van der Waals surface area contributed by atoms with Gasteiger partial charge in [-0.05, 0) is 61.9 Å². The first-order valence-electron chi connectivity index (χ1n) is 11.1. The topological polar surface area (TPSA) is 75.0 Å². The molecule has 5 N–H and O–H groups in total. The summed E-state index contributed by atoms with van der Waals surface area (Å²) in [5.41, 5.74) is 9.65. The molecular weight excluding hydrogens is 358 g/mol. The predicted octanol–water partition coefficient (Wildman–Crippen LogP) is 2.69. The molecule has 158 valence electrons. The van der Waals surface area contributed by atoms with Gasteiger partial charge in [-0.2, -0.15) is 0 Å². The van der Waals surface area contributed by atoms with E-state index in [0.29, 0.717) is 29.9 Å². The van der Waals surface area contributed by atoms with Crippen molar-refractivity contribution in [2.45, 2.75) is 58.2 Å². The Morgan fingerprint density at radius 3 is 2.62 bits per heavy atom. The number of benzene rings is 1. The van der Waals surface area contributed by atoms with E-state index >= 15 is 0 Å². The van der Waals surface area contributed by atoms with E-state index in [2.05, 4.69) is 64.3 Å². The van der Waals surface area contributed by atoms with Crippen molar-refractivity contribution in [2.24, 2.45) is 5.92 Å². The molecule has 0 aliphatic carbocycles. The molecule has 4 atom stereocenters. The lowest BCUT2D eigenvalue weighted by molar-refractivity contribution is 0.378. The van der Waals surface area contributed by atoms with Crippen molar-refractivity contribution in [3.05, 3.63) is 59.3 Å². The van der Waals surface area contributed by atoms with Gasteiger partial charge in [0, 0.05) is 36.9 Å². The number of pyridine rings is 1. The molecule has 0 spiro atoms. The molecular formula is C24H37N5. The second-order valence-corrected chi connectivity index (χ2v) is 8.18. The average molecular weight is 396 g/mol. The molecule has 0 amide bonds. The van der Waals surface area contributed by atoms with E-state index in [1.807, 2.05) is 19.9 Å². The van der Waals surface area contributed by atoms with Crippen LogP contribution in [-0.4, -0.2) is 42.7 Å². The number of anilines is 1. The number of nitrogen functional groups attached to an aromatic ring is 1. The maximum Gasteiger partial charge on any atom is 0.123 e. The minimum absolute atomic E-state index is 0.496. The third kappa shape index (κ3) is 6.26. The van der Waals surface area contributed by atoms with Gasteiger partial charge in [0.05, 0.1) is 0 Å². The molecule has 2 aliphatic rings. The summed E-state index contributed by atoms with van der Waals surface area (Å²) in [5.74, 6) is 1.19. The first-order valence-corrected chi connectivity index (χ1v) is 11.1. The van der Waals surface area contributed by atoms with E-state index in [9.17, 15) is 0 Å². The number of aryl methyl sites for hydroxylation is 1. The van der Waals surface area contributed by atoms with E-state index in [-0.39, 0.29) is 0 Å². The Labute approximate surface area is 175 Å². The third-order valence-electron chi connectivity index (χ3n) is 5.85. The van der Waals surface area contributed by atoms with Crippen LogP contribution in [0.2, 0.25) is 0 Å². The van der Waals surface area contributed by atoms with Gasteiger partial charge in [-0.15, -0.1) is 0 Å². The van der Waals surface area contributed by atoms with Crippen molar-refractivity contribution < 1.29 is 0 Å². The van der Waals surface area contributed by atoms with Gasteiger partial charge in [-0.1, -0.05) is 44.2 Å². The van der Waals surface area contributed by atoms with Crippen molar-refractivity contribution in [1.82, 2.24) is 20.9 Å². The van der Waals surface area contributed by atoms with E-state index in [4.69, 9.17) is 5.73 Å². The van der Waals surface area contributed by atoms with Gasteiger partial charge in [0.25, 0.3) is 0 Å². The Morgan fingerprint density at radius 2 is 1.86 bits per heavy atom. The molecule has 0 saturated carbocycles. The second kappa shape index (κ2) is 10.7. The lowest BCUT2D eigenvalue weighted by Crippen LogP contribution is -2.44. The Kier molecular flexibility index (Phi) is 8.04. The molecule has 1 aromatic heterocycles. The quantitative estimate of drug-likeness (QED) is 0.605. The number of hydrogen-bond donors (Lipinski definition) is 4. The Balaban J connectivity index is 0.00000117. The summed E-state index contributed by atoms with van der Waals surface area (Å²) in [6, 6.07) is 16.5. The van der Waals surface area contributed by atoms with Crippen LogP contribution in [0.1, 0.15) is 37.1 Å². The largest absolute Gasteiger partial charge is 0.384 e. The summed E-state index contributed by atoms with van der Waals surface area (Å²) in [4.78, 5) is 4.53. The highest BCUT2D eigenvalue weighted by molar-refractivity contribution is 5.34. The Bertz CT molecular complexity index is 728. The minimum Gasteiger partial charge on any atom is -0.384 e. The van der Waals surface area contributed by atoms with Crippen molar-refractivity contribution in [2.75, 3.05) is 25.4 Å². The van der Waals surface area contributed by atoms with Crippen LogP contribution in [0.25, 0.3) is 0 Å². The number of aromatic nitrogens is 1. The highest BCUT2D eigenvalue weighted by Crippen LogP contribution is 2.20. The van der Waals surface area contributed by atoms with Crippen LogP contribution in [0.3, 0.4) is 0 Å². The van der Waals surface area contributed by atoms with Crippen LogP contribution in [0.5, 0.6) is 0 Å². The zero-order valence-corrected chi connectivity index (χ0v) is 18.1. The molecule has 5 heteroatoms. The van der Waals surface area contributed by atoms with Gasteiger partial charge in [0.1, 0.15) is 5.82 Å². The number of nitrogens with two attached hydrogens (primary N) is 1. The summed E-state index contributed by atoms with van der Waals surface area (Å²) in [6.45, 7) is 9.21. The van der Waals surface area contributed by atoms with Crippen molar-refractivity contribution in [3.63, 3.8) is 0 Å². The normalized spacial score (nSPS) is 26.2. The van der Waals surface area contributed by atoms with Crippen LogP contribution < -0.4 is 21.7 Å². The summed E-state index contributed by atoms with van der Waals surface area (Å²) >= 11 is 0. The van der Waals surface area contributed by atoms with Gasteiger partial charge in [-0.25, -0.2) is 4.98 Å². The molecule has 2 aromatic rings. The molecule has 29 heavy (non-hydrogen) atoms. The summed E-state index contributed by atoms with van der Waals surface area (Å²) in [7, 11) is 0. The number of nitrogens with one attached hydrogen (secondary N) is 3. The zero-order chi connectivity index (χ0) is 20.6. The number of nitrogens with zero attached hydrogens (tertiary/aromatic N) is 1. The molecule has 2 aliphatic heterocycles. The van der Waals surface area contributed by atoms with Gasteiger partial charge < -0.3 is 21.7 Å². The second-order valence-electron chi connectivity index (χ2n) is 8.18. The third-order valence-corrected chi connectivity index (χ3v) is 5.85. The molecule has 0 radical (unpaired) electrons. The smallest absolute Gasteiger partial charge is 0.123 e. The van der Waals surface area contributed by atoms with Crippen LogP contribution in [0, 0.1) is 12.8 Å². The average Bonchev–Trinajstić information content (AvgIpc) is 3.33. The number of hydrogen-bond acceptors (Lipinski definition) is 5. The standard InChI is InChI=1S/C22H31N5.C2H6/c1-15-7-19(27-22(23)8-15)10-17-12-24-14-21(17)26-20-11-18(25-13-20)9-16-5-3-2-4-6-16;1-2/h2-8,17-18,20-21,24-26H,9-14H2,1H3,(H2,23,27);1-2H3/t17-,18+,20+,21+;/m0./s1. The van der Waals surface area contributed by atoms with Crippen LogP contribution >= 0.6 is 0 Å². The highest BCUT2D eigenvalue weighted by Gasteiger charge is 2.32. The highest BCUT2D eigenvalue weighted by atomic mass is 15.1. The molecule has 0 unspecified atom stereocenters. The molecule has 2 fully saturated rings. The lowest BCUT2D eigenvalue weighted by atomic mass is 9.95. The molecule has 4 rings (SSSR count). The number of rotatable bonds is 6. The first kappa shape index (κ1) is 21.8. The maximum absolute atomic E-state index is 5.93. The SMILES string of the molecule is CC.Cc1cc(N)nc(C[C@H]2CNC[C@H]2N[C@H]2CN[C@H](Cc3ccccc3)C2)c1. The van der Waals surface area contributed by atoms with Gasteiger partial charge >= 0.3 is 0 Å². The fourth-order valence-electron chi connectivity index (χ4n) is 4.59. The first-order chi connectivity index (χ1) is 14.2. The van der Waals surface area contributed by atoms with E-state index < -0.39 is 0 Å². The molecule has 0 bridgehead atoms. The fourth-order valence-corrected chi connectivity index (χ4v) is 4.59. The van der Waals surface area contributed by atoms with E-state index in [1.165, 1.54) is 17.5 Å². The predicted molar refractivity (Wildman–Crippen MR) is 122 cm³/mol. The molecule has 2 saturated heterocycles. The lowest BCUT2D eigenvalue weighted by Gasteiger charge is -2.24. The van der Waals surface area contributed by atoms with Crippen molar-refractivity contribution in [3.8, 4) is 0 Å². The van der Waals surface area contributed by atoms with Gasteiger partial charge in [0.2, 0.25) is 0 Å². The van der Waals surface area contributed by atoms with E-state index in [0.717, 1.165) is 38.2 Å². The van der Waals surface area contributed by atoms with Crippen LogP contribution in [0.4, 0.5) is 5.82 Å². The van der Waals surface area contributed by atoms with Crippen molar-refractivity contribution >= 4 is 5.82 Å². The zero-order valence-electron chi connectivity index (χ0n) is 18.1. The van der Waals surface area contributed by atoms with Crippen LogP contribution in [-0.2, 0) is 12.8 Å². The Hall–Kier alpha value is -1.95.